The van der Waals surface area contributed by atoms with E-state index in [1.54, 1.807) is 30.3 Å². The maximum absolute atomic E-state index is 12.0. The number of rotatable bonds is 4. The van der Waals surface area contributed by atoms with Gasteiger partial charge in [-0.1, -0.05) is 11.6 Å². The number of halogens is 1. The van der Waals surface area contributed by atoms with Crippen molar-refractivity contribution in [2.75, 3.05) is 10.6 Å². The molecule has 2 N–H and O–H groups in total. The molecule has 0 saturated heterocycles. The fraction of sp³-hybridized carbons (Fsp3) is 0.235. The van der Waals surface area contributed by atoms with Gasteiger partial charge in [-0.25, -0.2) is 4.79 Å². The van der Waals surface area contributed by atoms with Gasteiger partial charge in [0.1, 0.15) is 5.75 Å². The monoisotopic (exact) mass is 318 g/mol. The molecule has 22 heavy (non-hydrogen) atoms. The zero-order chi connectivity index (χ0) is 16.1. The zero-order valence-electron chi connectivity index (χ0n) is 12.8. The number of hydrogen-bond donors (Lipinski definition) is 2. The van der Waals surface area contributed by atoms with E-state index in [2.05, 4.69) is 10.6 Å². The van der Waals surface area contributed by atoms with E-state index in [-0.39, 0.29) is 12.1 Å². The largest absolute Gasteiger partial charge is 0.491 e. The summed E-state index contributed by atoms with van der Waals surface area (Å²) >= 11 is 5.89. The number of amides is 2. The van der Waals surface area contributed by atoms with E-state index in [1.807, 2.05) is 32.9 Å². The highest BCUT2D eigenvalue weighted by atomic mass is 35.5. The lowest BCUT2D eigenvalue weighted by Crippen LogP contribution is -2.19. The van der Waals surface area contributed by atoms with Crippen molar-refractivity contribution in [3.8, 4) is 5.75 Å². The third kappa shape index (κ3) is 4.67. The lowest BCUT2D eigenvalue weighted by Gasteiger charge is -2.12. The zero-order valence-corrected chi connectivity index (χ0v) is 13.6. The molecule has 116 valence electrons. The van der Waals surface area contributed by atoms with Gasteiger partial charge >= 0.3 is 6.03 Å². The number of aryl methyl sites for hydroxylation is 1. The molecule has 5 heteroatoms. The number of urea groups is 1. The summed E-state index contributed by atoms with van der Waals surface area (Å²) < 4.78 is 5.56. The van der Waals surface area contributed by atoms with E-state index in [1.165, 1.54) is 0 Å². The molecule has 2 amide bonds. The minimum absolute atomic E-state index is 0.120. The average Bonchev–Trinajstić information content (AvgIpc) is 2.43. The Morgan fingerprint density at radius 2 is 1.77 bits per heavy atom. The van der Waals surface area contributed by atoms with Gasteiger partial charge in [0, 0.05) is 16.4 Å². The molecule has 0 aliphatic rings. The first-order valence-corrected chi connectivity index (χ1v) is 7.42. The summed E-state index contributed by atoms with van der Waals surface area (Å²) in [6, 6.07) is 12.3. The van der Waals surface area contributed by atoms with Gasteiger partial charge in [0.2, 0.25) is 0 Å². The van der Waals surface area contributed by atoms with E-state index < -0.39 is 0 Å². The van der Waals surface area contributed by atoms with Crippen molar-refractivity contribution in [1.82, 2.24) is 0 Å². The first-order chi connectivity index (χ1) is 10.4. The van der Waals surface area contributed by atoms with Crippen LogP contribution in [0.1, 0.15) is 19.4 Å². The predicted octanol–water partition coefficient (Wildman–Crippen LogP) is 5.08. The minimum atomic E-state index is -0.303. The van der Waals surface area contributed by atoms with Crippen LogP contribution in [0.5, 0.6) is 5.75 Å². The number of carbonyl (C=O) groups excluding carboxylic acids is 1. The fourth-order valence-corrected chi connectivity index (χ4v) is 2.17. The third-order valence-corrected chi connectivity index (χ3v) is 3.16. The summed E-state index contributed by atoms with van der Waals surface area (Å²) in [4.78, 5) is 12.0. The lowest BCUT2D eigenvalue weighted by atomic mass is 10.2. The van der Waals surface area contributed by atoms with Crippen LogP contribution in [0.25, 0.3) is 0 Å². The highest BCUT2D eigenvalue weighted by Crippen LogP contribution is 2.20. The van der Waals surface area contributed by atoms with Crippen LogP contribution in [0, 0.1) is 6.92 Å². The van der Waals surface area contributed by atoms with E-state index in [0.717, 1.165) is 17.0 Å². The second kappa shape index (κ2) is 7.18. The van der Waals surface area contributed by atoms with E-state index in [9.17, 15) is 4.79 Å². The van der Waals surface area contributed by atoms with Crippen LogP contribution in [0.2, 0.25) is 5.02 Å². The molecule has 2 aromatic rings. The lowest BCUT2D eigenvalue weighted by molar-refractivity contribution is 0.242. The summed E-state index contributed by atoms with van der Waals surface area (Å²) in [5, 5.41) is 6.21. The molecule has 0 atom stereocenters. The molecule has 2 rings (SSSR count). The summed E-state index contributed by atoms with van der Waals surface area (Å²) in [5.74, 6) is 0.773. The Morgan fingerprint density at radius 1 is 1.09 bits per heavy atom. The summed E-state index contributed by atoms with van der Waals surface area (Å²) in [5.41, 5.74) is 2.32. The van der Waals surface area contributed by atoms with Crippen molar-refractivity contribution in [1.29, 1.82) is 0 Å². The first-order valence-electron chi connectivity index (χ1n) is 7.05. The molecule has 0 radical (unpaired) electrons. The molecule has 0 spiro atoms. The van der Waals surface area contributed by atoms with Crippen molar-refractivity contribution in [2.45, 2.75) is 26.9 Å². The Morgan fingerprint density at radius 3 is 2.36 bits per heavy atom. The Kier molecular flexibility index (Phi) is 5.28. The molecule has 0 unspecified atom stereocenters. The average molecular weight is 319 g/mol. The van der Waals surface area contributed by atoms with Gasteiger partial charge in [-0.15, -0.1) is 0 Å². The standard InChI is InChI=1S/C17H19ClN2O2/c1-11(2)22-15-7-5-14(6-8-15)19-17(21)20-16-9-4-13(18)10-12(16)3/h4-11H,1-3H3,(H2,19,20,21). The second-order valence-corrected chi connectivity index (χ2v) is 5.67. The van der Waals surface area contributed by atoms with Gasteiger partial charge in [-0.3, -0.25) is 0 Å². The number of anilines is 2. The molecule has 0 saturated carbocycles. The van der Waals surface area contributed by atoms with Gasteiger partial charge in [-0.05, 0) is 68.8 Å². The molecule has 0 aliphatic heterocycles. The fourth-order valence-electron chi connectivity index (χ4n) is 1.94. The highest BCUT2D eigenvalue weighted by Gasteiger charge is 2.06. The Bertz CT molecular complexity index is 654. The smallest absolute Gasteiger partial charge is 0.323 e. The third-order valence-electron chi connectivity index (χ3n) is 2.92. The predicted molar refractivity (Wildman–Crippen MR) is 91.0 cm³/mol. The maximum Gasteiger partial charge on any atom is 0.323 e. The topological polar surface area (TPSA) is 50.4 Å². The Labute approximate surface area is 135 Å². The second-order valence-electron chi connectivity index (χ2n) is 5.23. The molecular formula is C17H19ClN2O2. The van der Waals surface area contributed by atoms with Gasteiger partial charge in [0.15, 0.2) is 0 Å². The molecule has 0 fully saturated rings. The van der Waals surface area contributed by atoms with E-state index in [4.69, 9.17) is 16.3 Å². The maximum atomic E-state index is 12.0. The van der Waals surface area contributed by atoms with E-state index >= 15 is 0 Å². The van der Waals surface area contributed by atoms with Crippen molar-refractivity contribution in [2.24, 2.45) is 0 Å². The minimum Gasteiger partial charge on any atom is -0.491 e. The number of ether oxygens (including phenoxy) is 1. The normalized spacial score (nSPS) is 10.4. The molecule has 2 aromatic carbocycles. The Hall–Kier alpha value is -2.20. The SMILES string of the molecule is Cc1cc(Cl)ccc1NC(=O)Nc1ccc(OC(C)C)cc1. The van der Waals surface area contributed by atoms with Gasteiger partial charge < -0.3 is 15.4 Å². The van der Waals surface area contributed by atoms with Crippen LogP contribution in [-0.2, 0) is 0 Å². The number of carbonyl (C=O) groups is 1. The summed E-state index contributed by atoms with van der Waals surface area (Å²) in [6.45, 7) is 5.82. The van der Waals surface area contributed by atoms with Crippen molar-refractivity contribution in [3.05, 3.63) is 53.1 Å². The number of benzene rings is 2. The van der Waals surface area contributed by atoms with Crippen LogP contribution >= 0.6 is 11.6 Å². The molecule has 4 nitrogen and oxygen atoms in total. The first kappa shape index (κ1) is 16.2. The van der Waals surface area contributed by atoms with Crippen molar-refractivity contribution in [3.63, 3.8) is 0 Å². The summed E-state index contributed by atoms with van der Waals surface area (Å²) in [6.07, 6.45) is 0.120. The number of hydrogen-bond acceptors (Lipinski definition) is 2. The van der Waals surface area contributed by atoms with Crippen LogP contribution in [-0.4, -0.2) is 12.1 Å². The number of nitrogens with one attached hydrogen (secondary N) is 2. The van der Waals surface area contributed by atoms with E-state index in [0.29, 0.717) is 10.7 Å². The van der Waals surface area contributed by atoms with Gasteiger partial charge in [0.25, 0.3) is 0 Å². The van der Waals surface area contributed by atoms with Crippen molar-refractivity contribution < 1.29 is 9.53 Å². The van der Waals surface area contributed by atoms with Crippen LogP contribution in [0.15, 0.2) is 42.5 Å². The van der Waals surface area contributed by atoms with Gasteiger partial charge in [-0.2, -0.15) is 0 Å². The van der Waals surface area contributed by atoms with Crippen LogP contribution in [0.3, 0.4) is 0 Å². The molecule has 0 aliphatic carbocycles. The van der Waals surface area contributed by atoms with Crippen LogP contribution in [0.4, 0.5) is 16.2 Å². The molecule has 0 aromatic heterocycles. The summed E-state index contributed by atoms with van der Waals surface area (Å²) in [7, 11) is 0. The quantitative estimate of drug-likeness (QED) is 0.826. The van der Waals surface area contributed by atoms with Gasteiger partial charge in [0.05, 0.1) is 6.10 Å². The van der Waals surface area contributed by atoms with Crippen LogP contribution < -0.4 is 15.4 Å². The highest BCUT2D eigenvalue weighted by molar-refractivity contribution is 6.30. The molecule has 0 bridgehead atoms. The van der Waals surface area contributed by atoms with Crippen molar-refractivity contribution >= 4 is 29.0 Å². The molecule has 0 heterocycles. The Balaban J connectivity index is 1.97. The molecular weight excluding hydrogens is 300 g/mol.